The summed E-state index contributed by atoms with van der Waals surface area (Å²) < 4.78 is 37.5. The number of nitrogens with zero attached hydrogens (tertiary/aromatic N) is 2. The standard InChI is InChI=1S/C18H11F3N2O2/c19-18(20,21)16-6-4-12(10-23-16)2-1-11-3-5-15-14(9-11)13(17(24)25)7-8-22-15/h1-10H,(H,24,25). The topological polar surface area (TPSA) is 63.1 Å². The van der Waals surface area contributed by atoms with Crippen LogP contribution in [0, 0.1) is 0 Å². The number of fused-ring (bicyclic) bond motifs is 1. The summed E-state index contributed by atoms with van der Waals surface area (Å²) >= 11 is 0. The maximum absolute atomic E-state index is 12.5. The lowest BCUT2D eigenvalue weighted by Gasteiger charge is -2.05. The first kappa shape index (κ1) is 16.6. The van der Waals surface area contributed by atoms with Gasteiger partial charge in [-0.05, 0) is 35.4 Å². The van der Waals surface area contributed by atoms with Crippen LogP contribution in [0.2, 0.25) is 0 Å². The van der Waals surface area contributed by atoms with Gasteiger partial charge in [0.05, 0.1) is 11.1 Å². The van der Waals surface area contributed by atoms with Crippen LogP contribution in [0.4, 0.5) is 13.2 Å². The van der Waals surface area contributed by atoms with Gasteiger partial charge in [0.2, 0.25) is 0 Å². The smallest absolute Gasteiger partial charge is 0.433 e. The maximum atomic E-state index is 12.5. The van der Waals surface area contributed by atoms with Crippen LogP contribution in [-0.4, -0.2) is 21.0 Å². The average Bonchev–Trinajstić information content (AvgIpc) is 2.58. The number of hydrogen-bond donors (Lipinski definition) is 1. The van der Waals surface area contributed by atoms with Gasteiger partial charge in [-0.1, -0.05) is 24.3 Å². The van der Waals surface area contributed by atoms with Gasteiger partial charge in [-0.25, -0.2) is 4.79 Å². The fourth-order valence-electron chi connectivity index (χ4n) is 2.32. The van der Waals surface area contributed by atoms with Crippen molar-refractivity contribution in [2.75, 3.05) is 0 Å². The van der Waals surface area contributed by atoms with Gasteiger partial charge >= 0.3 is 12.1 Å². The zero-order valence-electron chi connectivity index (χ0n) is 12.7. The van der Waals surface area contributed by atoms with Crippen molar-refractivity contribution in [1.82, 2.24) is 9.97 Å². The van der Waals surface area contributed by atoms with Crippen LogP contribution in [0.3, 0.4) is 0 Å². The normalized spacial score (nSPS) is 12.0. The van der Waals surface area contributed by atoms with Crippen LogP contribution in [-0.2, 0) is 6.18 Å². The second-order valence-corrected chi connectivity index (χ2v) is 5.25. The summed E-state index contributed by atoms with van der Waals surface area (Å²) in [6, 6.07) is 8.74. The third kappa shape index (κ3) is 3.65. The van der Waals surface area contributed by atoms with E-state index >= 15 is 0 Å². The Morgan fingerprint density at radius 3 is 2.36 bits per heavy atom. The van der Waals surface area contributed by atoms with Crippen molar-refractivity contribution >= 4 is 29.0 Å². The number of carbonyl (C=O) groups is 1. The molecule has 0 radical (unpaired) electrons. The Morgan fingerprint density at radius 2 is 1.72 bits per heavy atom. The zero-order chi connectivity index (χ0) is 18.0. The second-order valence-electron chi connectivity index (χ2n) is 5.25. The Kier molecular flexibility index (Phi) is 4.22. The van der Waals surface area contributed by atoms with Crippen molar-refractivity contribution in [3.63, 3.8) is 0 Å². The molecule has 126 valence electrons. The first-order chi connectivity index (χ1) is 11.8. The molecule has 0 aliphatic carbocycles. The Balaban J connectivity index is 1.91. The van der Waals surface area contributed by atoms with Crippen LogP contribution >= 0.6 is 0 Å². The quantitative estimate of drug-likeness (QED) is 0.759. The Hall–Kier alpha value is -3.22. The van der Waals surface area contributed by atoms with Gasteiger partial charge in [-0.15, -0.1) is 0 Å². The molecule has 0 saturated heterocycles. The molecule has 2 heterocycles. The number of pyridine rings is 2. The highest BCUT2D eigenvalue weighted by molar-refractivity contribution is 6.03. The molecule has 3 rings (SSSR count). The van der Waals surface area contributed by atoms with Gasteiger partial charge < -0.3 is 5.11 Å². The molecule has 2 aromatic heterocycles. The van der Waals surface area contributed by atoms with Crippen LogP contribution in [0.15, 0.2) is 48.8 Å². The summed E-state index contributed by atoms with van der Waals surface area (Å²) in [6.45, 7) is 0. The van der Waals surface area contributed by atoms with Gasteiger partial charge in [0.1, 0.15) is 5.69 Å². The summed E-state index contributed by atoms with van der Waals surface area (Å²) in [4.78, 5) is 18.8. The molecule has 0 aliphatic heterocycles. The van der Waals surface area contributed by atoms with Crippen molar-refractivity contribution in [3.05, 3.63) is 71.2 Å². The first-order valence-electron chi connectivity index (χ1n) is 7.18. The number of aromatic carboxylic acids is 1. The number of benzene rings is 1. The highest BCUT2D eigenvalue weighted by atomic mass is 19.4. The molecule has 0 atom stereocenters. The number of hydrogen-bond acceptors (Lipinski definition) is 3. The lowest BCUT2D eigenvalue weighted by molar-refractivity contribution is -0.141. The van der Waals surface area contributed by atoms with E-state index in [4.69, 9.17) is 0 Å². The predicted molar refractivity (Wildman–Crippen MR) is 86.9 cm³/mol. The minimum atomic E-state index is -4.47. The minimum Gasteiger partial charge on any atom is -0.478 e. The van der Waals surface area contributed by atoms with E-state index in [-0.39, 0.29) is 5.56 Å². The van der Waals surface area contributed by atoms with E-state index in [2.05, 4.69) is 9.97 Å². The molecule has 0 unspecified atom stereocenters. The summed E-state index contributed by atoms with van der Waals surface area (Å²) in [5.41, 5.74) is 0.929. The number of carboxylic acid groups (broad SMARTS) is 1. The van der Waals surface area contributed by atoms with Gasteiger partial charge in [0.15, 0.2) is 0 Å². The van der Waals surface area contributed by atoms with E-state index in [0.717, 1.165) is 12.3 Å². The number of aromatic nitrogens is 2. The monoisotopic (exact) mass is 344 g/mol. The van der Waals surface area contributed by atoms with E-state index in [9.17, 15) is 23.1 Å². The van der Waals surface area contributed by atoms with E-state index in [1.54, 1.807) is 30.4 Å². The van der Waals surface area contributed by atoms with E-state index in [0.29, 0.717) is 22.0 Å². The van der Waals surface area contributed by atoms with Crippen LogP contribution < -0.4 is 0 Å². The van der Waals surface area contributed by atoms with Gasteiger partial charge in [0.25, 0.3) is 0 Å². The largest absolute Gasteiger partial charge is 0.478 e. The van der Waals surface area contributed by atoms with Gasteiger partial charge in [-0.2, -0.15) is 13.2 Å². The zero-order valence-corrected chi connectivity index (χ0v) is 12.7. The lowest BCUT2D eigenvalue weighted by Crippen LogP contribution is -2.07. The molecular weight excluding hydrogens is 333 g/mol. The van der Waals surface area contributed by atoms with Crippen LogP contribution in [0.25, 0.3) is 23.1 Å². The molecule has 0 bridgehead atoms. The van der Waals surface area contributed by atoms with Crippen molar-refractivity contribution in [1.29, 1.82) is 0 Å². The minimum absolute atomic E-state index is 0.136. The van der Waals surface area contributed by atoms with Crippen LogP contribution in [0.1, 0.15) is 27.2 Å². The SMILES string of the molecule is O=C(O)c1ccnc2ccc(C=Cc3ccc(C(F)(F)F)nc3)cc12. The van der Waals surface area contributed by atoms with Crippen LogP contribution in [0.5, 0.6) is 0 Å². The van der Waals surface area contributed by atoms with E-state index < -0.39 is 17.8 Å². The molecular formula is C18H11F3N2O2. The summed E-state index contributed by atoms with van der Waals surface area (Å²) in [5, 5.41) is 9.72. The van der Waals surface area contributed by atoms with E-state index in [1.807, 2.05) is 0 Å². The van der Waals surface area contributed by atoms with Crippen molar-refractivity contribution in [2.45, 2.75) is 6.18 Å². The third-order valence-corrected chi connectivity index (χ3v) is 3.54. The molecule has 1 aromatic carbocycles. The van der Waals surface area contributed by atoms with Gasteiger partial charge in [0, 0.05) is 17.8 Å². The summed E-state index contributed by atoms with van der Waals surface area (Å²) in [7, 11) is 0. The first-order valence-corrected chi connectivity index (χ1v) is 7.18. The molecule has 0 saturated carbocycles. The number of rotatable bonds is 3. The Bertz CT molecular complexity index is 964. The molecule has 3 aromatic rings. The highest BCUT2D eigenvalue weighted by Gasteiger charge is 2.31. The molecule has 4 nitrogen and oxygen atoms in total. The molecule has 0 fully saturated rings. The molecule has 0 aliphatic rings. The predicted octanol–water partition coefficient (Wildman–Crippen LogP) is 4.52. The molecule has 25 heavy (non-hydrogen) atoms. The average molecular weight is 344 g/mol. The van der Waals surface area contributed by atoms with Gasteiger partial charge in [-0.3, -0.25) is 9.97 Å². The van der Waals surface area contributed by atoms with E-state index in [1.165, 1.54) is 18.3 Å². The molecule has 0 spiro atoms. The fourth-order valence-corrected chi connectivity index (χ4v) is 2.32. The van der Waals surface area contributed by atoms with Crippen molar-refractivity contribution in [2.24, 2.45) is 0 Å². The van der Waals surface area contributed by atoms with Crippen molar-refractivity contribution in [3.8, 4) is 0 Å². The summed E-state index contributed by atoms with van der Waals surface area (Å²) in [5.74, 6) is -1.06. The third-order valence-electron chi connectivity index (χ3n) is 3.54. The maximum Gasteiger partial charge on any atom is 0.433 e. The lowest BCUT2D eigenvalue weighted by atomic mass is 10.1. The number of alkyl halides is 3. The molecule has 0 amide bonds. The molecule has 7 heteroatoms. The second kappa shape index (κ2) is 6.35. The van der Waals surface area contributed by atoms with Crippen molar-refractivity contribution < 1.29 is 23.1 Å². The Morgan fingerprint density at radius 1 is 1.00 bits per heavy atom. The number of carboxylic acids is 1. The molecule has 1 N–H and O–H groups in total. The summed E-state index contributed by atoms with van der Waals surface area (Å²) in [6.07, 6.45) is 1.36. The highest BCUT2D eigenvalue weighted by Crippen LogP contribution is 2.27. The Labute approximate surface area is 140 Å². The number of halogens is 3. The fraction of sp³-hybridized carbons (Fsp3) is 0.0556.